The zero-order chi connectivity index (χ0) is 12.5. The summed E-state index contributed by atoms with van der Waals surface area (Å²) in [7, 11) is 0. The van der Waals surface area contributed by atoms with Gasteiger partial charge in [-0.2, -0.15) is 0 Å². The Kier molecular flexibility index (Phi) is 3.61. The molecule has 0 aromatic heterocycles. The van der Waals surface area contributed by atoms with Crippen molar-refractivity contribution in [2.45, 2.75) is 53.1 Å². The van der Waals surface area contributed by atoms with Crippen LogP contribution in [0.5, 0.6) is 0 Å². The maximum atomic E-state index is 11.9. The molecule has 2 atom stereocenters. The maximum Gasteiger partial charge on any atom is 0.243 e. The second kappa shape index (κ2) is 4.44. The number of hydrogen-bond donors (Lipinski definition) is 2. The molecule has 2 N–H and O–H groups in total. The van der Waals surface area contributed by atoms with E-state index in [0.717, 1.165) is 0 Å². The Morgan fingerprint density at radius 2 is 1.69 bits per heavy atom. The summed E-state index contributed by atoms with van der Waals surface area (Å²) in [6, 6.07) is -0.797. The molecule has 1 heterocycles. The minimum absolute atomic E-state index is 0.0618. The van der Waals surface area contributed by atoms with Crippen LogP contribution in [0.2, 0.25) is 0 Å². The van der Waals surface area contributed by atoms with Gasteiger partial charge in [0.15, 0.2) is 0 Å². The highest BCUT2D eigenvalue weighted by atomic mass is 16.2. The lowest BCUT2D eigenvalue weighted by Gasteiger charge is -2.37. The predicted octanol–water partition coefficient (Wildman–Crippen LogP) is 1.06. The molecule has 0 radical (unpaired) electrons. The Morgan fingerprint density at radius 1 is 1.12 bits per heavy atom. The van der Waals surface area contributed by atoms with Crippen molar-refractivity contribution in [1.29, 1.82) is 0 Å². The highest BCUT2D eigenvalue weighted by molar-refractivity contribution is 5.97. The maximum absolute atomic E-state index is 11.9. The molecule has 0 bridgehead atoms. The molecule has 92 valence electrons. The minimum atomic E-state index is -0.427. The molecule has 0 unspecified atom stereocenters. The molecule has 1 aliphatic rings. The van der Waals surface area contributed by atoms with Gasteiger partial charge in [0.1, 0.15) is 12.1 Å². The third kappa shape index (κ3) is 2.97. The normalized spacial score (nSPS) is 26.6. The van der Waals surface area contributed by atoms with Crippen LogP contribution in [0.1, 0.15) is 41.0 Å². The van der Waals surface area contributed by atoms with Crippen LogP contribution in [0.3, 0.4) is 0 Å². The number of nitrogens with one attached hydrogen (secondary N) is 2. The first-order chi connectivity index (χ1) is 7.21. The first-order valence-corrected chi connectivity index (χ1v) is 5.82. The molecule has 1 saturated heterocycles. The van der Waals surface area contributed by atoms with Gasteiger partial charge in [0.2, 0.25) is 11.8 Å². The Morgan fingerprint density at radius 3 is 2.12 bits per heavy atom. The molecule has 1 fully saturated rings. The lowest BCUT2D eigenvalue weighted by molar-refractivity contribution is -0.139. The van der Waals surface area contributed by atoms with E-state index in [9.17, 15) is 9.59 Å². The Hall–Kier alpha value is -1.06. The lowest BCUT2D eigenvalue weighted by atomic mass is 9.84. The fourth-order valence-electron chi connectivity index (χ4n) is 1.88. The van der Waals surface area contributed by atoms with E-state index in [1.54, 1.807) is 0 Å². The van der Waals surface area contributed by atoms with Crippen molar-refractivity contribution in [3.8, 4) is 0 Å². The van der Waals surface area contributed by atoms with E-state index in [2.05, 4.69) is 10.6 Å². The minimum Gasteiger partial charge on any atom is -0.342 e. The highest BCUT2D eigenvalue weighted by Crippen LogP contribution is 2.22. The number of carbonyl (C=O) groups is 2. The molecule has 0 aliphatic carbocycles. The number of amides is 2. The van der Waals surface area contributed by atoms with Crippen molar-refractivity contribution >= 4 is 11.8 Å². The van der Waals surface area contributed by atoms with Gasteiger partial charge in [0.05, 0.1) is 0 Å². The van der Waals surface area contributed by atoms with Crippen molar-refractivity contribution in [1.82, 2.24) is 10.6 Å². The van der Waals surface area contributed by atoms with Gasteiger partial charge in [-0.3, -0.25) is 9.59 Å². The number of rotatable bonds is 2. The Bertz CT molecular complexity index is 292. The van der Waals surface area contributed by atoms with E-state index in [1.807, 2.05) is 34.6 Å². The van der Waals surface area contributed by atoms with Gasteiger partial charge in [0.25, 0.3) is 0 Å². The van der Waals surface area contributed by atoms with Crippen LogP contribution in [0.25, 0.3) is 0 Å². The molecule has 4 nitrogen and oxygen atoms in total. The summed E-state index contributed by atoms with van der Waals surface area (Å²) in [5.41, 5.74) is -0.247. The van der Waals surface area contributed by atoms with Gasteiger partial charge in [0, 0.05) is 0 Å². The summed E-state index contributed by atoms with van der Waals surface area (Å²) >= 11 is 0. The fraction of sp³-hybridized carbons (Fsp3) is 0.833. The molecule has 0 aromatic carbocycles. The standard InChI is InChI=1S/C12H22N2O2/c1-7(2)6-8-10(15)14-9(11(16)13-8)12(3,4)5/h7-9H,6H2,1-5H3,(H,13,16)(H,14,15)/t8-,9+/m0/s1. The van der Waals surface area contributed by atoms with Crippen molar-refractivity contribution in [3.63, 3.8) is 0 Å². The van der Waals surface area contributed by atoms with Gasteiger partial charge < -0.3 is 10.6 Å². The van der Waals surface area contributed by atoms with Crippen LogP contribution in [0.15, 0.2) is 0 Å². The third-order valence-electron chi connectivity index (χ3n) is 2.75. The van der Waals surface area contributed by atoms with Crippen LogP contribution >= 0.6 is 0 Å². The SMILES string of the molecule is CC(C)C[C@@H]1NC(=O)[C@H](C(C)(C)C)NC1=O. The van der Waals surface area contributed by atoms with E-state index in [1.165, 1.54) is 0 Å². The van der Waals surface area contributed by atoms with Gasteiger partial charge in [-0.15, -0.1) is 0 Å². The number of carbonyl (C=O) groups excluding carboxylic acids is 2. The van der Waals surface area contributed by atoms with E-state index in [4.69, 9.17) is 0 Å². The van der Waals surface area contributed by atoms with Crippen molar-refractivity contribution in [3.05, 3.63) is 0 Å². The van der Waals surface area contributed by atoms with Crippen LogP contribution < -0.4 is 10.6 Å². The predicted molar refractivity (Wildman–Crippen MR) is 62.8 cm³/mol. The van der Waals surface area contributed by atoms with Gasteiger partial charge >= 0.3 is 0 Å². The van der Waals surface area contributed by atoms with E-state index >= 15 is 0 Å². The largest absolute Gasteiger partial charge is 0.342 e. The van der Waals surface area contributed by atoms with Crippen LogP contribution in [0, 0.1) is 11.3 Å². The first kappa shape index (κ1) is 13.0. The number of piperazine rings is 1. The van der Waals surface area contributed by atoms with E-state index in [0.29, 0.717) is 12.3 Å². The quantitative estimate of drug-likeness (QED) is 0.739. The Balaban J connectivity index is 2.71. The van der Waals surface area contributed by atoms with Gasteiger partial charge in [-0.25, -0.2) is 0 Å². The highest BCUT2D eigenvalue weighted by Gasteiger charge is 2.39. The molecule has 1 rings (SSSR count). The second-order valence-corrected chi connectivity index (χ2v) is 6.00. The average molecular weight is 226 g/mol. The summed E-state index contributed by atoms with van der Waals surface area (Å²) in [6.07, 6.45) is 0.689. The molecular formula is C12H22N2O2. The molecule has 0 aromatic rings. The molecule has 1 aliphatic heterocycles. The average Bonchev–Trinajstić information content (AvgIpc) is 2.07. The smallest absolute Gasteiger partial charge is 0.243 e. The van der Waals surface area contributed by atoms with Crippen molar-refractivity contribution in [2.24, 2.45) is 11.3 Å². The third-order valence-corrected chi connectivity index (χ3v) is 2.75. The fourth-order valence-corrected chi connectivity index (χ4v) is 1.88. The zero-order valence-electron chi connectivity index (χ0n) is 10.8. The van der Waals surface area contributed by atoms with E-state index < -0.39 is 6.04 Å². The summed E-state index contributed by atoms with van der Waals surface area (Å²) in [5.74, 6) is 0.258. The summed E-state index contributed by atoms with van der Waals surface area (Å²) < 4.78 is 0. The lowest BCUT2D eigenvalue weighted by Crippen LogP contribution is -2.65. The molecule has 4 heteroatoms. The molecule has 2 amide bonds. The van der Waals surface area contributed by atoms with Crippen molar-refractivity contribution in [2.75, 3.05) is 0 Å². The summed E-state index contributed by atoms with van der Waals surface area (Å²) in [6.45, 7) is 9.91. The van der Waals surface area contributed by atoms with Crippen LogP contribution in [-0.4, -0.2) is 23.9 Å². The molecule has 0 saturated carbocycles. The molecule has 0 spiro atoms. The zero-order valence-corrected chi connectivity index (χ0v) is 10.8. The number of hydrogen-bond acceptors (Lipinski definition) is 2. The van der Waals surface area contributed by atoms with Crippen molar-refractivity contribution < 1.29 is 9.59 Å². The molecule has 16 heavy (non-hydrogen) atoms. The van der Waals surface area contributed by atoms with Crippen LogP contribution in [0.4, 0.5) is 0 Å². The monoisotopic (exact) mass is 226 g/mol. The van der Waals surface area contributed by atoms with Crippen LogP contribution in [-0.2, 0) is 9.59 Å². The summed E-state index contributed by atoms with van der Waals surface area (Å²) in [5, 5.41) is 5.61. The first-order valence-electron chi connectivity index (χ1n) is 5.82. The Labute approximate surface area is 97.2 Å². The van der Waals surface area contributed by atoms with E-state index in [-0.39, 0.29) is 23.3 Å². The molecular weight excluding hydrogens is 204 g/mol. The second-order valence-electron chi connectivity index (χ2n) is 6.00. The van der Waals surface area contributed by atoms with Gasteiger partial charge in [-0.1, -0.05) is 34.6 Å². The summed E-state index contributed by atoms with van der Waals surface area (Å²) in [4.78, 5) is 23.7. The topological polar surface area (TPSA) is 58.2 Å². The van der Waals surface area contributed by atoms with Gasteiger partial charge in [-0.05, 0) is 17.8 Å².